The number of rotatable bonds is 3. The van der Waals surface area contributed by atoms with Crippen molar-refractivity contribution in [1.82, 2.24) is 0 Å². The van der Waals surface area contributed by atoms with Crippen LogP contribution in [0.25, 0.3) is 0 Å². The summed E-state index contributed by atoms with van der Waals surface area (Å²) in [6.07, 6.45) is 7.72. The van der Waals surface area contributed by atoms with Gasteiger partial charge in [0.05, 0.1) is 5.56 Å². The van der Waals surface area contributed by atoms with Gasteiger partial charge >= 0.3 is 5.97 Å². The lowest BCUT2D eigenvalue weighted by molar-refractivity contribution is 0.0697. The number of benzene rings is 1. The van der Waals surface area contributed by atoms with Gasteiger partial charge < -0.3 is 10.4 Å². The average molecular weight is 247 g/mol. The molecule has 1 fully saturated rings. The highest BCUT2D eigenvalue weighted by molar-refractivity contribution is 5.88. The molecule has 1 aromatic carbocycles. The second kappa shape index (κ2) is 5.89. The largest absolute Gasteiger partial charge is 0.478 e. The smallest absolute Gasteiger partial charge is 0.335 e. The maximum absolute atomic E-state index is 10.9. The van der Waals surface area contributed by atoms with Crippen LogP contribution >= 0.6 is 0 Å². The molecule has 0 saturated heterocycles. The van der Waals surface area contributed by atoms with Crippen molar-refractivity contribution in [2.24, 2.45) is 0 Å². The molecule has 1 aliphatic rings. The Kier molecular flexibility index (Phi) is 4.24. The minimum Gasteiger partial charge on any atom is -0.478 e. The molecule has 0 amide bonds. The third-order valence-corrected chi connectivity index (χ3v) is 3.69. The molecule has 0 spiro atoms. The van der Waals surface area contributed by atoms with E-state index in [1.54, 1.807) is 12.1 Å². The van der Waals surface area contributed by atoms with E-state index in [0.29, 0.717) is 11.6 Å². The fourth-order valence-electron chi connectivity index (χ4n) is 2.60. The Morgan fingerprint density at radius 1 is 1.22 bits per heavy atom. The van der Waals surface area contributed by atoms with Crippen LogP contribution in [0.5, 0.6) is 0 Å². The van der Waals surface area contributed by atoms with Crippen LogP contribution in [0.3, 0.4) is 0 Å². The Hall–Kier alpha value is -1.51. The van der Waals surface area contributed by atoms with Crippen molar-refractivity contribution in [3.05, 3.63) is 29.3 Å². The van der Waals surface area contributed by atoms with Gasteiger partial charge in [-0.2, -0.15) is 0 Å². The Balaban J connectivity index is 2.06. The summed E-state index contributed by atoms with van der Waals surface area (Å²) in [4.78, 5) is 10.9. The van der Waals surface area contributed by atoms with E-state index < -0.39 is 5.97 Å². The molecule has 0 unspecified atom stereocenters. The van der Waals surface area contributed by atoms with Crippen molar-refractivity contribution in [1.29, 1.82) is 0 Å². The summed E-state index contributed by atoms with van der Waals surface area (Å²) in [7, 11) is 0. The zero-order chi connectivity index (χ0) is 13.0. The first-order valence-corrected chi connectivity index (χ1v) is 6.77. The van der Waals surface area contributed by atoms with Gasteiger partial charge in [0.1, 0.15) is 0 Å². The number of carboxylic acids is 1. The molecule has 0 atom stereocenters. The minimum absolute atomic E-state index is 0.360. The number of carboxylic acid groups (broad SMARTS) is 1. The first-order chi connectivity index (χ1) is 8.66. The Bertz CT molecular complexity index is 421. The van der Waals surface area contributed by atoms with E-state index in [1.165, 1.54) is 38.5 Å². The van der Waals surface area contributed by atoms with Crippen LogP contribution in [0.15, 0.2) is 18.2 Å². The molecule has 18 heavy (non-hydrogen) atoms. The highest BCUT2D eigenvalue weighted by Gasteiger charge is 2.13. The van der Waals surface area contributed by atoms with Gasteiger partial charge in [-0.05, 0) is 43.5 Å². The van der Waals surface area contributed by atoms with Crippen LogP contribution in [0.2, 0.25) is 0 Å². The SMILES string of the molecule is Cc1cc(C(=O)O)ccc1NC1CCCCCC1. The number of anilines is 1. The van der Waals surface area contributed by atoms with Gasteiger partial charge in [-0.1, -0.05) is 25.7 Å². The van der Waals surface area contributed by atoms with E-state index >= 15 is 0 Å². The summed E-state index contributed by atoms with van der Waals surface area (Å²) in [5.41, 5.74) is 2.45. The third-order valence-electron chi connectivity index (χ3n) is 3.69. The zero-order valence-electron chi connectivity index (χ0n) is 10.9. The van der Waals surface area contributed by atoms with Crippen LogP contribution in [0.4, 0.5) is 5.69 Å². The molecule has 3 heteroatoms. The fourth-order valence-corrected chi connectivity index (χ4v) is 2.60. The maximum atomic E-state index is 10.9. The number of carbonyl (C=O) groups is 1. The van der Waals surface area contributed by atoms with Crippen LogP contribution < -0.4 is 5.32 Å². The Morgan fingerprint density at radius 2 is 1.89 bits per heavy atom. The van der Waals surface area contributed by atoms with Gasteiger partial charge in [0.15, 0.2) is 0 Å². The van der Waals surface area contributed by atoms with Crippen molar-refractivity contribution in [3.8, 4) is 0 Å². The molecule has 3 nitrogen and oxygen atoms in total. The lowest BCUT2D eigenvalue weighted by Gasteiger charge is -2.19. The molecular weight excluding hydrogens is 226 g/mol. The standard InChI is InChI=1S/C15H21NO2/c1-11-10-12(15(17)18)8-9-14(11)16-13-6-4-2-3-5-7-13/h8-10,13,16H,2-7H2,1H3,(H,17,18). The first-order valence-electron chi connectivity index (χ1n) is 6.77. The summed E-state index contributed by atoms with van der Waals surface area (Å²) in [6.45, 7) is 1.96. The molecule has 0 aromatic heterocycles. The Labute approximate surface area is 108 Å². The molecule has 0 bridgehead atoms. The van der Waals surface area contributed by atoms with Crippen molar-refractivity contribution < 1.29 is 9.90 Å². The van der Waals surface area contributed by atoms with Gasteiger partial charge in [0.2, 0.25) is 0 Å². The highest BCUT2D eigenvalue weighted by Crippen LogP contribution is 2.23. The summed E-state index contributed by atoms with van der Waals surface area (Å²) in [6, 6.07) is 5.85. The molecule has 1 aliphatic carbocycles. The highest BCUT2D eigenvalue weighted by atomic mass is 16.4. The van der Waals surface area contributed by atoms with E-state index in [0.717, 1.165) is 11.3 Å². The van der Waals surface area contributed by atoms with E-state index in [9.17, 15) is 4.79 Å². The maximum Gasteiger partial charge on any atom is 0.335 e. The number of hydrogen-bond donors (Lipinski definition) is 2. The van der Waals surface area contributed by atoms with E-state index in [1.807, 2.05) is 13.0 Å². The normalized spacial score (nSPS) is 17.2. The summed E-state index contributed by atoms with van der Waals surface area (Å²) in [5, 5.41) is 12.5. The zero-order valence-corrected chi connectivity index (χ0v) is 10.9. The molecule has 2 N–H and O–H groups in total. The first kappa shape index (κ1) is 12.9. The fraction of sp³-hybridized carbons (Fsp3) is 0.533. The van der Waals surface area contributed by atoms with Crippen molar-refractivity contribution >= 4 is 11.7 Å². The average Bonchev–Trinajstić information content (AvgIpc) is 2.60. The van der Waals surface area contributed by atoms with Crippen LogP contribution in [0.1, 0.15) is 54.4 Å². The van der Waals surface area contributed by atoms with E-state index in [-0.39, 0.29) is 0 Å². The van der Waals surface area contributed by atoms with Gasteiger partial charge in [-0.3, -0.25) is 0 Å². The molecule has 1 saturated carbocycles. The third kappa shape index (κ3) is 3.25. The van der Waals surface area contributed by atoms with E-state index in [4.69, 9.17) is 5.11 Å². The van der Waals surface area contributed by atoms with Crippen LogP contribution in [0, 0.1) is 6.92 Å². The predicted octanol–water partition coefficient (Wildman–Crippen LogP) is 3.83. The topological polar surface area (TPSA) is 49.3 Å². The lowest BCUT2D eigenvalue weighted by atomic mass is 10.1. The molecular formula is C15H21NO2. The number of aryl methyl sites for hydroxylation is 1. The molecule has 2 rings (SSSR count). The molecule has 0 radical (unpaired) electrons. The van der Waals surface area contributed by atoms with E-state index in [2.05, 4.69) is 5.32 Å². The van der Waals surface area contributed by atoms with Crippen LogP contribution in [-0.4, -0.2) is 17.1 Å². The Morgan fingerprint density at radius 3 is 2.44 bits per heavy atom. The second-order valence-corrected chi connectivity index (χ2v) is 5.17. The van der Waals surface area contributed by atoms with Crippen molar-refractivity contribution in [2.75, 3.05) is 5.32 Å². The van der Waals surface area contributed by atoms with Crippen molar-refractivity contribution in [2.45, 2.75) is 51.5 Å². The summed E-state index contributed by atoms with van der Waals surface area (Å²) >= 11 is 0. The molecule has 0 aliphatic heterocycles. The molecule has 1 aromatic rings. The monoisotopic (exact) mass is 247 g/mol. The lowest BCUT2D eigenvalue weighted by Crippen LogP contribution is -2.19. The van der Waals surface area contributed by atoms with Gasteiger partial charge in [0, 0.05) is 11.7 Å². The number of hydrogen-bond acceptors (Lipinski definition) is 2. The van der Waals surface area contributed by atoms with Crippen LogP contribution in [-0.2, 0) is 0 Å². The number of nitrogens with one attached hydrogen (secondary N) is 1. The molecule has 0 heterocycles. The summed E-state index contributed by atoms with van der Waals surface area (Å²) in [5.74, 6) is -0.862. The quantitative estimate of drug-likeness (QED) is 0.798. The number of aromatic carboxylic acids is 1. The predicted molar refractivity (Wildman–Crippen MR) is 73.3 cm³/mol. The minimum atomic E-state index is -0.862. The van der Waals surface area contributed by atoms with Gasteiger partial charge in [-0.15, -0.1) is 0 Å². The van der Waals surface area contributed by atoms with Crippen molar-refractivity contribution in [3.63, 3.8) is 0 Å². The van der Waals surface area contributed by atoms with Gasteiger partial charge in [0.25, 0.3) is 0 Å². The summed E-state index contributed by atoms with van der Waals surface area (Å²) < 4.78 is 0. The molecule has 98 valence electrons. The second-order valence-electron chi connectivity index (χ2n) is 5.17. The van der Waals surface area contributed by atoms with Gasteiger partial charge in [-0.25, -0.2) is 4.79 Å².